The molecule has 0 bridgehead atoms. The third-order valence-electron chi connectivity index (χ3n) is 8.92. The summed E-state index contributed by atoms with van der Waals surface area (Å²) in [6.45, 7) is 0. The lowest BCUT2D eigenvalue weighted by Crippen LogP contribution is -1.90. The van der Waals surface area contributed by atoms with Crippen molar-refractivity contribution >= 4 is 43.9 Å². The Morgan fingerprint density at radius 1 is 0.348 bits per heavy atom. The topological polar surface area (TPSA) is 50.1 Å². The molecule has 3 heteroatoms. The zero-order valence-corrected chi connectivity index (χ0v) is 24.7. The Morgan fingerprint density at radius 2 is 0.826 bits per heavy atom. The SMILES string of the molecule is N#Cc1cc(-c2ccccc2)ccc1-c1cc(-c2ccc3c(c2)oc2ccccc23)cc(-c2ccc3c(c2)oc2ccccc23)c1. The average Bonchev–Trinajstić information content (AvgIpc) is 3.69. The van der Waals surface area contributed by atoms with E-state index >= 15 is 0 Å². The van der Waals surface area contributed by atoms with Crippen LogP contribution in [-0.4, -0.2) is 0 Å². The molecule has 0 amide bonds. The number of furan rings is 2. The van der Waals surface area contributed by atoms with E-state index in [1.165, 1.54) is 0 Å². The van der Waals surface area contributed by atoms with Gasteiger partial charge < -0.3 is 8.83 Å². The number of para-hydroxylation sites is 2. The molecular weight excluding hydrogens is 562 g/mol. The lowest BCUT2D eigenvalue weighted by Gasteiger charge is -2.13. The summed E-state index contributed by atoms with van der Waals surface area (Å²) in [6.07, 6.45) is 0. The van der Waals surface area contributed by atoms with Gasteiger partial charge in [-0.05, 0) is 105 Å². The molecule has 214 valence electrons. The van der Waals surface area contributed by atoms with Crippen LogP contribution < -0.4 is 0 Å². The Morgan fingerprint density at radius 3 is 1.41 bits per heavy atom. The Balaban J connectivity index is 1.24. The van der Waals surface area contributed by atoms with Crippen LogP contribution >= 0.6 is 0 Å². The number of fused-ring (bicyclic) bond motifs is 6. The van der Waals surface area contributed by atoms with Gasteiger partial charge in [-0.3, -0.25) is 0 Å². The minimum Gasteiger partial charge on any atom is -0.456 e. The van der Waals surface area contributed by atoms with Gasteiger partial charge in [0.25, 0.3) is 0 Å². The monoisotopic (exact) mass is 587 g/mol. The predicted molar refractivity (Wildman–Crippen MR) is 187 cm³/mol. The Hall–Kier alpha value is -6.37. The fourth-order valence-electron chi connectivity index (χ4n) is 6.63. The van der Waals surface area contributed by atoms with Crippen molar-refractivity contribution in [2.24, 2.45) is 0 Å². The summed E-state index contributed by atoms with van der Waals surface area (Å²) in [5.41, 5.74) is 12.2. The molecule has 0 atom stereocenters. The number of nitriles is 1. The first-order chi connectivity index (χ1) is 22.7. The maximum atomic E-state index is 10.3. The van der Waals surface area contributed by atoms with Gasteiger partial charge in [0.2, 0.25) is 0 Å². The Kier molecular flexibility index (Phi) is 5.88. The molecule has 7 aromatic carbocycles. The Labute approximate surface area is 265 Å². The fraction of sp³-hybridized carbons (Fsp3) is 0. The van der Waals surface area contributed by atoms with Crippen molar-refractivity contribution in [1.29, 1.82) is 5.26 Å². The smallest absolute Gasteiger partial charge is 0.136 e. The van der Waals surface area contributed by atoms with Crippen molar-refractivity contribution in [3.05, 3.63) is 157 Å². The van der Waals surface area contributed by atoms with E-state index in [1.807, 2.05) is 60.7 Å². The highest BCUT2D eigenvalue weighted by Crippen LogP contribution is 2.39. The zero-order chi connectivity index (χ0) is 30.6. The van der Waals surface area contributed by atoms with Gasteiger partial charge >= 0.3 is 0 Å². The quantitative estimate of drug-likeness (QED) is 0.206. The molecule has 0 aliphatic heterocycles. The standard InChI is InChI=1S/C43H25NO2/c44-26-34-20-28(27-8-2-1-3-9-27)14-17-35(34)33-22-31(29-15-18-38-36-10-4-6-12-40(36)45-42(38)24-29)21-32(23-33)30-16-19-39-37-11-5-7-13-41(37)46-43(39)25-30/h1-25H. The van der Waals surface area contributed by atoms with Gasteiger partial charge in [-0.1, -0.05) is 91.0 Å². The van der Waals surface area contributed by atoms with Crippen LogP contribution in [0.4, 0.5) is 0 Å². The van der Waals surface area contributed by atoms with Crippen LogP contribution in [0.1, 0.15) is 5.56 Å². The van der Waals surface area contributed by atoms with Gasteiger partial charge in [0.15, 0.2) is 0 Å². The van der Waals surface area contributed by atoms with Crippen molar-refractivity contribution in [2.75, 3.05) is 0 Å². The molecule has 0 unspecified atom stereocenters. The van der Waals surface area contributed by atoms with E-state index < -0.39 is 0 Å². The predicted octanol–water partition coefficient (Wildman–Crippen LogP) is 12.0. The fourth-order valence-corrected chi connectivity index (χ4v) is 6.63. The molecule has 3 nitrogen and oxygen atoms in total. The van der Waals surface area contributed by atoms with Crippen LogP contribution in [0, 0.1) is 11.3 Å². The molecule has 46 heavy (non-hydrogen) atoms. The van der Waals surface area contributed by atoms with Gasteiger partial charge in [0.05, 0.1) is 11.6 Å². The first-order valence-electron chi connectivity index (χ1n) is 15.3. The number of benzene rings is 7. The van der Waals surface area contributed by atoms with Crippen molar-refractivity contribution < 1.29 is 8.83 Å². The second-order valence-electron chi connectivity index (χ2n) is 11.7. The highest BCUT2D eigenvalue weighted by Gasteiger charge is 2.15. The zero-order valence-electron chi connectivity index (χ0n) is 24.7. The van der Waals surface area contributed by atoms with Crippen molar-refractivity contribution in [2.45, 2.75) is 0 Å². The molecule has 0 saturated carbocycles. The summed E-state index contributed by atoms with van der Waals surface area (Å²) in [5, 5.41) is 14.7. The van der Waals surface area contributed by atoms with Crippen LogP contribution in [0.5, 0.6) is 0 Å². The summed E-state index contributed by atoms with van der Waals surface area (Å²) in [4.78, 5) is 0. The number of rotatable bonds is 4. The Bertz CT molecular complexity index is 2520. The van der Waals surface area contributed by atoms with Crippen LogP contribution in [-0.2, 0) is 0 Å². The second-order valence-corrected chi connectivity index (χ2v) is 11.7. The summed E-state index contributed by atoms with van der Waals surface area (Å²) < 4.78 is 12.5. The molecule has 9 aromatic rings. The van der Waals surface area contributed by atoms with E-state index in [0.29, 0.717) is 5.56 Å². The maximum absolute atomic E-state index is 10.3. The summed E-state index contributed by atoms with van der Waals surface area (Å²) in [7, 11) is 0. The van der Waals surface area contributed by atoms with Gasteiger partial charge in [-0.25, -0.2) is 0 Å². The van der Waals surface area contributed by atoms with Gasteiger partial charge in [0, 0.05) is 21.5 Å². The second kappa shape index (κ2) is 10.4. The number of nitrogens with zero attached hydrogens (tertiary/aromatic N) is 1. The normalized spacial score (nSPS) is 11.5. The summed E-state index contributed by atoms with van der Waals surface area (Å²) in [6, 6.07) is 54.4. The minimum absolute atomic E-state index is 0.630. The van der Waals surface area contributed by atoms with Gasteiger partial charge in [0.1, 0.15) is 22.3 Å². The third-order valence-corrected chi connectivity index (χ3v) is 8.92. The molecule has 0 fully saturated rings. The number of hydrogen-bond donors (Lipinski definition) is 0. The van der Waals surface area contributed by atoms with E-state index in [4.69, 9.17) is 8.83 Å². The van der Waals surface area contributed by atoms with Crippen LogP contribution in [0.3, 0.4) is 0 Å². The van der Waals surface area contributed by atoms with Crippen LogP contribution in [0.15, 0.2) is 160 Å². The van der Waals surface area contributed by atoms with E-state index in [1.54, 1.807) is 0 Å². The van der Waals surface area contributed by atoms with E-state index in [-0.39, 0.29) is 0 Å². The maximum Gasteiger partial charge on any atom is 0.136 e. The molecule has 9 rings (SSSR count). The molecular formula is C43H25NO2. The van der Waals surface area contributed by atoms with E-state index in [9.17, 15) is 5.26 Å². The molecule has 0 N–H and O–H groups in total. The first kappa shape index (κ1) is 26.1. The lowest BCUT2D eigenvalue weighted by atomic mass is 9.90. The molecule has 0 aliphatic rings. The third kappa shape index (κ3) is 4.28. The molecule has 0 saturated heterocycles. The minimum atomic E-state index is 0.630. The molecule has 2 heterocycles. The highest BCUT2D eigenvalue weighted by molar-refractivity contribution is 6.07. The first-order valence-corrected chi connectivity index (χ1v) is 15.3. The van der Waals surface area contributed by atoms with Crippen LogP contribution in [0.2, 0.25) is 0 Å². The average molecular weight is 588 g/mol. The van der Waals surface area contributed by atoms with Gasteiger partial charge in [-0.2, -0.15) is 5.26 Å². The van der Waals surface area contributed by atoms with E-state index in [0.717, 1.165) is 88.4 Å². The van der Waals surface area contributed by atoms with E-state index in [2.05, 4.69) is 97.1 Å². The molecule has 2 aromatic heterocycles. The molecule has 0 spiro atoms. The summed E-state index contributed by atoms with van der Waals surface area (Å²) in [5.74, 6) is 0. The van der Waals surface area contributed by atoms with Crippen molar-refractivity contribution in [1.82, 2.24) is 0 Å². The van der Waals surface area contributed by atoms with Gasteiger partial charge in [-0.15, -0.1) is 0 Å². The van der Waals surface area contributed by atoms with Crippen LogP contribution in [0.25, 0.3) is 88.4 Å². The lowest BCUT2D eigenvalue weighted by molar-refractivity contribution is 0.668. The summed E-state index contributed by atoms with van der Waals surface area (Å²) >= 11 is 0. The highest BCUT2D eigenvalue weighted by atomic mass is 16.3. The molecule has 0 aliphatic carbocycles. The van der Waals surface area contributed by atoms with Crippen molar-refractivity contribution in [3.63, 3.8) is 0 Å². The number of hydrogen-bond acceptors (Lipinski definition) is 3. The largest absolute Gasteiger partial charge is 0.456 e. The molecule has 0 radical (unpaired) electrons. The van der Waals surface area contributed by atoms with Crippen molar-refractivity contribution in [3.8, 4) is 50.6 Å².